The zero-order valence-corrected chi connectivity index (χ0v) is 11.2. The first-order chi connectivity index (χ1) is 8.68. The molecule has 3 nitrogen and oxygen atoms in total. The van der Waals surface area contributed by atoms with E-state index in [4.69, 9.17) is 10.5 Å². The molecule has 1 atom stereocenters. The number of hydrogen-bond acceptors (Lipinski definition) is 3. The second kappa shape index (κ2) is 6.21. The standard InChI is InChI=1S/C15H24N2O/c1-15(8-4-10-18-12-15)17-9-3-6-13-5-2-7-14(16)11-13/h2,5,7,11,17H,3-4,6,8-10,12,16H2,1H3. The lowest BCUT2D eigenvalue weighted by molar-refractivity contribution is 0.0287. The monoisotopic (exact) mass is 248 g/mol. The van der Waals surface area contributed by atoms with Crippen molar-refractivity contribution >= 4 is 5.69 Å². The predicted octanol–water partition coefficient (Wildman–Crippen LogP) is 2.36. The molecule has 0 aliphatic carbocycles. The van der Waals surface area contributed by atoms with Gasteiger partial charge in [0.2, 0.25) is 0 Å². The van der Waals surface area contributed by atoms with Gasteiger partial charge in [0.25, 0.3) is 0 Å². The average molecular weight is 248 g/mol. The summed E-state index contributed by atoms with van der Waals surface area (Å²) in [5, 5.41) is 3.63. The van der Waals surface area contributed by atoms with Crippen LogP contribution in [0.3, 0.4) is 0 Å². The molecule has 0 bridgehead atoms. The minimum Gasteiger partial charge on any atom is -0.399 e. The molecule has 0 amide bonds. The van der Waals surface area contributed by atoms with Gasteiger partial charge in [0.1, 0.15) is 0 Å². The summed E-state index contributed by atoms with van der Waals surface area (Å²) in [6.45, 7) is 5.05. The Morgan fingerprint density at radius 3 is 3.06 bits per heavy atom. The van der Waals surface area contributed by atoms with E-state index in [-0.39, 0.29) is 5.54 Å². The predicted molar refractivity (Wildman–Crippen MR) is 75.6 cm³/mol. The summed E-state index contributed by atoms with van der Waals surface area (Å²) in [5.74, 6) is 0. The zero-order valence-electron chi connectivity index (χ0n) is 11.2. The number of anilines is 1. The molecular formula is C15H24N2O. The van der Waals surface area contributed by atoms with Crippen molar-refractivity contribution in [3.05, 3.63) is 29.8 Å². The highest BCUT2D eigenvalue weighted by Gasteiger charge is 2.26. The number of nitrogen functional groups attached to an aromatic ring is 1. The zero-order chi connectivity index (χ0) is 12.8. The minimum absolute atomic E-state index is 0.175. The van der Waals surface area contributed by atoms with Crippen LogP contribution in [0.25, 0.3) is 0 Å². The molecule has 0 saturated carbocycles. The Hall–Kier alpha value is -1.06. The molecule has 1 fully saturated rings. The molecule has 2 rings (SSSR count). The molecule has 1 saturated heterocycles. The molecule has 3 heteroatoms. The summed E-state index contributed by atoms with van der Waals surface area (Å²) in [5.41, 5.74) is 8.12. The lowest BCUT2D eigenvalue weighted by atomic mass is 9.94. The number of ether oxygens (including phenoxy) is 1. The number of benzene rings is 1. The van der Waals surface area contributed by atoms with Crippen molar-refractivity contribution in [3.8, 4) is 0 Å². The van der Waals surface area contributed by atoms with Gasteiger partial charge >= 0.3 is 0 Å². The number of nitrogens with one attached hydrogen (secondary N) is 1. The Kier molecular flexibility index (Phi) is 4.61. The van der Waals surface area contributed by atoms with E-state index >= 15 is 0 Å². The summed E-state index contributed by atoms with van der Waals surface area (Å²) >= 11 is 0. The van der Waals surface area contributed by atoms with E-state index in [1.807, 2.05) is 12.1 Å². The second-order valence-electron chi connectivity index (χ2n) is 5.49. The maximum Gasteiger partial charge on any atom is 0.0645 e. The third-order valence-electron chi connectivity index (χ3n) is 3.58. The SMILES string of the molecule is CC1(NCCCc2cccc(N)c2)CCCOC1. The Bertz CT molecular complexity index is 373. The number of rotatable bonds is 5. The van der Waals surface area contributed by atoms with Gasteiger partial charge in [-0.25, -0.2) is 0 Å². The van der Waals surface area contributed by atoms with E-state index in [1.165, 1.54) is 18.4 Å². The van der Waals surface area contributed by atoms with Gasteiger partial charge in [-0.1, -0.05) is 12.1 Å². The van der Waals surface area contributed by atoms with Gasteiger partial charge in [-0.3, -0.25) is 0 Å². The van der Waals surface area contributed by atoms with Crippen molar-refractivity contribution in [1.29, 1.82) is 0 Å². The van der Waals surface area contributed by atoms with Crippen LogP contribution in [-0.2, 0) is 11.2 Å². The molecule has 0 aromatic heterocycles. The van der Waals surface area contributed by atoms with Crippen LogP contribution < -0.4 is 11.1 Å². The molecule has 100 valence electrons. The Labute approximate surface area is 110 Å². The minimum atomic E-state index is 0.175. The average Bonchev–Trinajstić information content (AvgIpc) is 2.36. The van der Waals surface area contributed by atoms with E-state index in [2.05, 4.69) is 24.4 Å². The maximum atomic E-state index is 5.77. The Balaban J connectivity index is 1.69. The topological polar surface area (TPSA) is 47.3 Å². The highest BCUT2D eigenvalue weighted by Crippen LogP contribution is 2.18. The van der Waals surface area contributed by atoms with Crippen LogP contribution >= 0.6 is 0 Å². The van der Waals surface area contributed by atoms with Crippen LogP contribution in [0.15, 0.2) is 24.3 Å². The molecule has 18 heavy (non-hydrogen) atoms. The molecule has 1 aromatic rings. The summed E-state index contributed by atoms with van der Waals surface area (Å²) in [6.07, 6.45) is 4.60. The quantitative estimate of drug-likeness (QED) is 0.621. The fourth-order valence-corrected chi connectivity index (χ4v) is 2.50. The van der Waals surface area contributed by atoms with Crippen LogP contribution in [0.5, 0.6) is 0 Å². The largest absolute Gasteiger partial charge is 0.399 e. The van der Waals surface area contributed by atoms with E-state index in [0.717, 1.165) is 38.3 Å². The normalized spacial score (nSPS) is 24.1. The molecule has 3 N–H and O–H groups in total. The summed E-state index contributed by atoms with van der Waals surface area (Å²) < 4.78 is 5.54. The summed E-state index contributed by atoms with van der Waals surface area (Å²) in [7, 11) is 0. The van der Waals surface area contributed by atoms with Gasteiger partial charge in [-0.05, 0) is 56.8 Å². The van der Waals surface area contributed by atoms with Crippen LogP contribution in [-0.4, -0.2) is 25.3 Å². The molecule has 0 spiro atoms. The van der Waals surface area contributed by atoms with Crippen LogP contribution in [0.4, 0.5) is 5.69 Å². The Morgan fingerprint density at radius 1 is 1.44 bits per heavy atom. The van der Waals surface area contributed by atoms with Crippen molar-refractivity contribution < 1.29 is 4.74 Å². The van der Waals surface area contributed by atoms with Crippen molar-refractivity contribution in [3.63, 3.8) is 0 Å². The van der Waals surface area contributed by atoms with Crippen LogP contribution in [0, 0.1) is 0 Å². The first-order valence-electron chi connectivity index (χ1n) is 6.85. The summed E-state index contributed by atoms with van der Waals surface area (Å²) in [6, 6.07) is 8.16. The number of hydrogen-bond donors (Lipinski definition) is 2. The Morgan fingerprint density at radius 2 is 2.33 bits per heavy atom. The fraction of sp³-hybridized carbons (Fsp3) is 0.600. The molecule has 0 radical (unpaired) electrons. The third kappa shape index (κ3) is 4.00. The van der Waals surface area contributed by atoms with Crippen molar-refractivity contribution in [2.24, 2.45) is 0 Å². The van der Waals surface area contributed by atoms with Crippen LogP contribution in [0.1, 0.15) is 31.7 Å². The van der Waals surface area contributed by atoms with E-state index in [9.17, 15) is 0 Å². The van der Waals surface area contributed by atoms with Crippen molar-refractivity contribution in [2.75, 3.05) is 25.5 Å². The lowest BCUT2D eigenvalue weighted by Gasteiger charge is -2.34. The first-order valence-corrected chi connectivity index (χ1v) is 6.85. The fourth-order valence-electron chi connectivity index (χ4n) is 2.50. The van der Waals surface area contributed by atoms with Gasteiger partial charge in [-0.15, -0.1) is 0 Å². The molecular weight excluding hydrogens is 224 g/mol. The second-order valence-corrected chi connectivity index (χ2v) is 5.49. The first kappa shape index (κ1) is 13.4. The van der Waals surface area contributed by atoms with E-state index in [0.29, 0.717) is 0 Å². The van der Waals surface area contributed by atoms with Gasteiger partial charge in [-0.2, -0.15) is 0 Å². The lowest BCUT2D eigenvalue weighted by Crippen LogP contribution is -2.49. The maximum absolute atomic E-state index is 5.77. The van der Waals surface area contributed by atoms with Gasteiger partial charge < -0.3 is 15.8 Å². The number of aryl methyl sites for hydroxylation is 1. The van der Waals surface area contributed by atoms with E-state index in [1.54, 1.807) is 0 Å². The molecule has 1 unspecified atom stereocenters. The molecule has 1 aliphatic heterocycles. The smallest absolute Gasteiger partial charge is 0.0645 e. The van der Waals surface area contributed by atoms with Gasteiger partial charge in [0.05, 0.1) is 6.61 Å². The van der Waals surface area contributed by atoms with E-state index < -0.39 is 0 Å². The number of nitrogens with two attached hydrogens (primary N) is 1. The molecule has 1 heterocycles. The van der Waals surface area contributed by atoms with Crippen molar-refractivity contribution in [2.45, 2.75) is 38.1 Å². The highest BCUT2D eigenvalue weighted by molar-refractivity contribution is 5.40. The van der Waals surface area contributed by atoms with Crippen LogP contribution in [0.2, 0.25) is 0 Å². The molecule has 1 aliphatic rings. The molecule has 1 aromatic carbocycles. The highest BCUT2D eigenvalue weighted by atomic mass is 16.5. The third-order valence-corrected chi connectivity index (χ3v) is 3.58. The van der Waals surface area contributed by atoms with Gasteiger partial charge in [0.15, 0.2) is 0 Å². The van der Waals surface area contributed by atoms with Gasteiger partial charge in [0, 0.05) is 17.8 Å². The summed E-state index contributed by atoms with van der Waals surface area (Å²) in [4.78, 5) is 0. The van der Waals surface area contributed by atoms with Crippen molar-refractivity contribution in [1.82, 2.24) is 5.32 Å².